The SMILES string of the molecule is CC1(C)CCC(N(N)/C=C(\N)C(=O)N2CCOCC2)CC1. The summed E-state index contributed by atoms with van der Waals surface area (Å²) in [6.45, 7) is 6.91. The lowest BCUT2D eigenvalue weighted by Gasteiger charge is -2.38. The van der Waals surface area contributed by atoms with E-state index in [9.17, 15) is 4.79 Å². The summed E-state index contributed by atoms with van der Waals surface area (Å²) in [4.78, 5) is 13.9. The van der Waals surface area contributed by atoms with Crippen molar-refractivity contribution in [1.29, 1.82) is 0 Å². The molecule has 1 saturated heterocycles. The van der Waals surface area contributed by atoms with E-state index >= 15 is 0 Å². The van der Waals surface area contributed by atoms with Crippen molar-refractivity contribution < 1.29 is 9.53 Å². The second kappa shape index (κ2) is 6.66. The second-order valence-corrected chi connectivity index (χ2v) is 6.83. The molecule has 0 atom stereocenters. The number of morpholine rings is 1. The van der Waals surface area contributed by atoms with Gasteiger partial charge in [-0.15, -0.1) is 0 Å². The predicted molar refractivity (Wildman–Crippen MR) is 81.7 cm³/mol. The van der Waals surface area contributed by atoms with Crippen LogP contribution in [-0.4, -0.2) is 48.2 Å². The Labute approximate surface area is 127 Å². The maximum absolute atomic E-state index is 12.2. The van der Waals surface area contributed by atoms with Crippen molar-refractivity contribution in [1.82, 2.24) is 9.91 Å². The van der Waals surface area contributed by atoms with Crippen LogP contribution in [0.4, 0.5) is 0 Å². The number of ether oxygens (including phenoxy) is 1. The maximum Gasteiger partial charge on any atom is 0.271 e. The van der Waals surface area contributed by atoms with Gasteiger partial charge in [0, 0.05) is 25.3 Å². The summed E-state index contributed by atoms with van der Waals surface area (Å²) in [5, 5.41) is 1.63. The molecule has 2 rings (SSSR count). The first kappa shape index (κ1) is 16.1. The molecule has 0 radical (unpaired) electrons. The number of rotatable bonds is 3. The minimum Gasteiger partial charge on any atom is -0.393 e. The van der Waals surface area contributed by atoms with E-state index < -0.39 is 0 Å². The van der Waals surface area contributed by atoms with E-state index in [2.05, 4.69) is 13.8 Å². The minimum atomic E-state index is -0.148. The molecule has 1 aliphatic carbocycles. The van der Waals surface area contributed by atoms with Crippen LogP contribution >= 0.6 is 0 Å². The van der Waals surface area contributed by atoms with Crippen molar-refractivity contribution in [3.63, 3.8) is 0 Å². The summed E-state index contributed by atoms with van der Waals surface area (Å²) in [5.41, 5.74) is 6.53. The molecule has 1 aliphatic heterocycles. The zero-order chi connectivity index (χ0) is 15.5. The molecule has 0 spiro atoms. The van der Waals surface area contributed by atoms with E-state index in [1.807, 2.05) is 0 Å². The van der Waals surface area contributed by atoms with Crippen molar-refractivity contribution in [3.8, 4) is 0 Å². The van der Waals surface area contributed by atoms with E-state index in [4.69, 9.17) is 16.3 Å². The Balaban J connectivity index is 1.90. The third-order valence-corrected chi connectivity index (χ3v) is 4.56. The smallest absolute Gasteiger partial charge is 0.271 e. The number of carbonyl (C=O) groups excluding carboxylic acids is 1. The predicted octanol–water partition coefficient (Wildman–Crippen LogP) is 0.790. The van der Waals surface area contributed by atoms with Crippen LogP contribution in [0.25, 0.3) is 0 Å². The van der Waals surface area contributed by atoms with Crippen LogP contribution in [0.2, 0.25) is 0 Å². The number of hydrogen-bond donors (Lipinski definition) is 2. The summed E-state index contributed by atoms with van der Waals surface area (Å²) >= 11 is 0. The van der Waals surface area contributed by atoms with Crippen LogP contribution in [0.1, 0.15) is 39.5 Å². The number of hydrazine groups is 1. The van der Waals surface area contributed by atoms with Crippen LogP contribution in [0.5, 0.6) is 0 Å². The number of nitrogens with two attached hydrogens (primary N) is 2. The molecule has 0 bridgehead atoms. The highest BCUT2D eigenvalue weighted by atomic mass is 16.5. The van der Waals surface area contributed by atoms with Crippen LogP contribution < -0.4 is 11.6 Å². The fraction of sp³-hybridized carbons (Fsp3) is 0.800. The van der Waals surface area contributed by atoms with Crippen LogP contribution in [0.3, 0.4) is 0 Å². The zero-order valence-corrected chi connectivity index (χ0v) is 13.2. The number of amides is 1. The summed E-state index contributed by atoms with van der Waals surface area (Å²) in [5.74, 6) is 5.94. The molecule has 6 nitrogen and oxygen atoms in total. The highest BCUT2D eigenvalue weighted by molar-refractivity contribution is 5.92. The van der Waals surface area contributed by atoms with Gasteiger partial charge in [-0.3, -0.25) is 4.79 Å². The van der Waals surface area contributed by atoms with Gasteiger partial charge in [0.25, 0.3) is 5.91 Å². The third kappa shape index (κ3) is 4.35. The first-order valence-electron chi connectivity index (χ1n) is 7.76. The monoisotopic (exact) mass is 296 g/mol. The van der Waals surface area contributed by atoms with Crippen LogP contribution in [0.15, 0.2) is 11.9 Å². The highest BCUT2D eigenvalue weighted by Gasteiger charge is 2.29. The molecule has 0 aromatic carbocycles. The molecule has 0 unspecified atom stereocenters. The molecule has 6 heteroatoms. The Morgan fingerprint density at radius 3 is 2.43 bits per heavy atom. The lowest BCUT2D eigenvalue weighted by Crippen LogP contribution is -2.45. The van der Waals surface area contributed by atoms with Gasteiger partial charge in [-0.25, -0.2) is 5.84 Å². The average Bonchev–Trinajstić information content (AvgIpc) is 2.47. The summed E-state index contributed by atoms with van der Waals surface area (Å²) in [7, 11) is 0. The van der Waals surface area contributed by atoms with E-state index in [1.54, 1.807) is 16.1 Å². The first-order chi connectivity index (χ1) is 9.89. The van der Waals surface area contributed by atoms with Gasteiger partial charge in [0.15, 0.2) is 0 Å². The Bertz CT molecular complexity index is 392. The van der Waals surface area contributed by atoms with E-state index in [-0.39, 0.29) is 17.6 Å². The Hall–Kier alpha value is -1.27. The van der Waals surface area contributed by atoms with Crippen molar-refractivity contribution in [2.75, 3.05) is 26.3 Å². The van der Waals surface area contributed by atoms with Gasteiger partial charge in [0.2, 0.25) is 0 Å². The lowest BCUT2D eigenvalue weighted by molar-refractivity contribution is -0.131. The molecule has 0 aromatic rings. The van der Waals surface area contributed by atoms with Crippen molar-refractivity contribution in [3.05, 3.63) is 11.9 Å². The maximum atomic E-state index is 12.2. The number of hydrogen-bond acceptors (Lipinski definition) is 5. The van der Waals surface area contributed by atoms with Gasteiger partial charge in [0.1, 0.15) is 5.70 Å². The van der Waals surface area contributed by atoms with E-state index in [0.717, 1.165) is 25.7 Å². The molecule has 1 heterocycles. The molecular weight excluding hydrogens is 268 g/mol. The molecule has 2 fully saturated rings. The van der Waals surface area contributed by atoms with Gasteiger partial charge >= 0.3 is 0 Å². The molecule has 120 valence electrons. The molecule has 0 aromatic heterocycles. The fourth-order valence-corrected chi connectivity index (χ4v) is 2.95. The molecule has 21 heavy (non-hydrogen) atoms. The van der Waals surface area contributed by atoms with Crippen LogP contribution in [-0.2, 0) is 9.53 Å². The van der Waals surface area contributed by atoms with E-state index in [0.29, 0.717) is 31.7 Å². The molecule has 4 N–H and O–H groups in total. The van der Waals surface area contributed by atoms with Crippen molar-refractivity contribution >= 4 is 5.91 Å². The lowest BCUT2D eigenvalue weighted by atomic mass is 9.75. The fourth-order valence-electron chi connectivity index (χ4n) is 2.95. The zero-order valence-electron chi connectivity index (χ0n) is 13.2. The van der Waals surface area contributed by atoms with Gasteiger partial charge in [-0.1, -0.05) is 13.8 Å². The van der Waals surface area contributed by atoms with Crippen molar-refractivity contribution in [2.45, 2.75) is 45.6 Å². The largest absolute Gasteiger partial charge is 0.393 e. The normalized spacial score (nSPS) is 24.0. The van der Waals surface area contributed by atoms with Gasteiger partial charge in [-0.2, -0.15) is 0 Å². The van der Waals surface area contributed by atoms with Crippen LogP contribution in [0, 0.1) is 5.41 Å². The summed E-state index contributed by atoms with van der Waals surface area (Å²) < 4.78 is 5.24. The first-order valence-corrected chi connectivity index (χ1v) is 7.76. The standard InChI is InChI=1S/C15H28N4O2/c1-15(2)5-3-12(4-6-15)19(17)11-13(16)14(20)18-7-9-21-10-8-18/h11-12H,3-10,16-17H2,1-2H3/b13-11-. The molecule has 1 saturated carbocycles. The number of carbonyl (C=O) groups is 1. The Kier molecular flexibility index (Phi) is 5.11. The average molecular weight is 296 g/mol. The molecule has 1 amide bonds. The number of nitrogens with zero attached hydrogens (tertiary/aromatic N) is 2. The summed E-state index contributed by atoms with van der Waals surface area (Å²) in [6.07, 6.45) is 5.98. The second-order valence-electron chi connectivity index (χ2n) is 6.83. The van der Waals surface area contributed by atoms with Gasteiger partial charge in [-0.05, 0) is 31.1 Å². The Morgan fingerprint density at radius 1 is 1.29 bits per heavy atom. The molecule has 2 aliphatic rings. The quantitative estimate of drug-likeness (QED) is 0.457. The highest BCUT2D eigenvalue weighted by Crippen LogP contribution is 2.36. The minimum absolute atomic E-state index is 0.148. The summed E-state index contributed by atoms with van der Waals surface area (Å²) in [6, 6.07) is 0.272. The van der Waals surface area contributed by atoms with Crippen molar-refractivity contribution in [2.24, 2.45) is 17.0 Å². The topological polar surface area (TPSA) is 84.8 Å². The third-order valence-electron chi connectivity index (χ3n) is 4.56. The van der Waals surface area contributed by atoms with Gasteiger partial charge < -0.3 is 20.4 Å². The van der Waals surface area contributed by atoms with E-state index in [1.165, 1.54) is 0 Å². The Morgan fingerprint density at radius 2 is 1.86 bits per heavy atom. The van der Waals surface area contributed by atoms with Gasteiger partial charge in [0.05, 0.1) is 13.2 Å². The molecular formula is C15H28N4O2.